The molecule has 0 radical (unpaired) electrons. The van der Waals surface area contributed by atoms with Crippen molar-refractivity contribution in [3.8, 4) is 0 Å². The zero-order chi connectivity index (χ0) is 16.3. The Labute approximate surface area is 131 Å². The molecule has 1 fully saturated rings. The molecule has 1 aromatic heterocycles. The van der Waals surface area contributed by atoms with Gasteiger partial charge in [-0.1, -0.05) is 40.5 Å². The van der Waals surface area contributed by atoms with E-state index >= 15 is 0 Å². The molecular formula is C16H26N4O2. The van der Waals surface area contributed by atoms with Crippen LogP contribution in [0.1, 0.15) is 77.4 Å². The van der Waals surface area contributed by atoms with Gasteiger partial charge in [0.15, 0.2) is 5.69 Å². The predicted octanol–water partition coefficient (Wildman–Crippen LogP) is 2.22. The Morgan fingerprint density at radius 3 is 2.45 bits per heavy atom. The zero-order valence-electron chi connectivity index (χ0n) is 13.9. The van der Waals surface area contributed by atoms with E-state index in [1.165, 1.54) is 0 Å². The molecule has 122 valence electrons. The Morgan fingerprint density at radius 1 is 1.32 bits per heavy atom. The molecule has 1 amide bonds. The molecule has 6 nitrogen and oxygen atoms in total. The molecule has 6 heteroatoms. The first-order valence-electron chi connectivity index (χ1n) is 8.10. The van der Waals surface area contributed by atoms with Crippen molar-refractivity contribution in [1.82, 2.24) is 20.5 Å². The Hall–Kier alpha value is -1.72. The van der Waals surface area contributed by atoms with Crippen LogP contribution in [0.3, 0.4) is 0 Å². The van der Waals surface area contributed by atoms with Gasteiger partial charge in [-0.2, -0.15) is 0 Å². The second-order valence-corrected chi connectivity index (χ2v) is 7.09. The summed E-state index contributed by atoms with van der Waals surface area (Å²) in [6.45, 7) is 7.82. The van der Waals surface area contributed by atoms with Crippen molar-refractivity contribution in [2.75, 3.05) is 0 Å². The minimum absolute atomic E-state index is 0.0328. The van der Waals surface area contributed by atoms with Crippen molar-refractivity contribution >= 4 is 5.91 Å². The fourth-order valence-electron chi connectivity index (χ4n) is 2.75. The van der Waals surface area contributed by atoms with Crippen LogP contribution in [-0.4, -0.2) is 21.1 Å². The first-order valence-corrected chi connectivity index (χ1v) is 8.10. The van der Waals surface area contributed by atoms with Crippen LogP contribution in [0.4, 0.5) is 0 Å². The van der Waals surface area contributed by atoms with E-state index in [9.17, 15) is 9.59 Å². The average molecular weight is 306 g/mol. The third-order valence-electron chi connectivity index (χ3n) is 4.21. The van der Waals surface area contributed by atoms with Crippen molar-refractivity contribution in [3.63, 3.8) is 0 Å². The normalized spacial score (nSPS) is 17.5. The third-order valence-corrected chi connectivity index (χ3v) is 4.21. The van der Waals surface area contributed by atoms with E-state index in [4.69, 9.17) is 0 Å². The number of rotatable bonds is 4. The third kappa shape index (κ3) is 3.72. The van der Waals surface area contributed by atoms with Gasteiger partial charge in [0.1, 0.15) is 5.82 Å². The van der Waals surface area contributed by atoms with Gasteiger partial charge in [0, 0.05) is 11.3 Å². The molecule has 0 bridgehead atoms. The summed E-state index contributed by atoms with van der Waals surface area (Å²) in [5.41, 5.74) is -0.236. The Bertz CT molecular complexity index is 583. The summed E-state index contributed by atoms with van der Waals surface area (Å²) in [7, 11) is 0. The minimum Gasteiger partial charge on any atom is -0.347 e. The molecule has 2 N–H and O–H groups in total. The van der Waals surface area contributed by atoms with Gasteiger partial charge in [-0.05, 0) is 19.3 Å². The molecule has 2 rings (SSSR count). The molecule has 1 saturated carbocycles. The smallest absolute Gasteiger partial charge is 0.275 e. The van der Waals surface area contributed by atoms with Crippen LogP contribution in [0.2, 0.25) is 0 Å². The molecule has 0 aliphatic heterocycles. The summed E-state index contributed by atoms with van der Waals surface area (Å²) in [5, 5.41) is 11.2. The maximum Gasteiger partial charge on any atom is 0.275 e. The van der Waals surface area contributed by atoms with Gasteiger partial charge in [-0.25, -0.2) is 0 Å². The minimum atomic E-state index is -0.377. The second kappa shape index (κ2) is 6.58. The molecule has 22 heavy (non-hydrogen) atoms. The molecule has 1 atom stereocenters. The van der Waals surface area contributed by atoms with Gasteiger partial charge < -0.3 is 10.3 Å². The number of aromatic amines is 1. The van der Waals surface area contributed by atoms with Crippen molar-refractivity contribution in [1.29, 1.82) is 0 Å². The van der Waals surface area contributed by atoms with Gasteiger partial charge in [0.05, 0.1) is 6.04 Å². The second-order valence-electron chi connectivity index (χ2n) is 7.09. The first-order chi connectivity index (χ1) is 10.3. The number of H-pyrrole nitrogens is 1. The molecule has 1 aromatic rings. The van der Waals surface area contributed by atoms with Gasteiger partial charge in [0.25, 0.3) is 5.56 Å². The highest BCUT2D eigenvalue weighted by Crippen LogP contribution is 2.25. The van der Waals surface area contributed by atoms with E-state index in [1.54, 1.807) is 0 Å². The summed E-state index contributed by atoms with van der Waals surface area (Å²) in [6.07, 6.45) is 4.71. The van der Waals surface area contributed by atoms with Crippen LogP contribution >= 0.6 is 0 Å². The maximum atomic E-state index is 12.3. The van der Waals surface area contributed by atoms with Crippen molar-refractivity contribution in [2.24, 2.45) is 5.92 Å². The monoisotopic (exact) mass is 306 g/mol. The highest BCUT2D eigenvalue weighted by Gasteiger charge is 2.27. The van der Waals surface area contributed by atoms with Crippen molar-refractivity contribution < 1.29 is 4.79 Å². The first kappa shape index (κ1) is 16.6. The summed E-state index contributed by atoms with van der Waals surface area (Å²) < 4.78 is 0. The molecule has 0 saturated heterocycles. The molecule has 0 aromatic carbocycles. The van der Waals surface area contributed by atoms with E-state index < -0.39 is 0 Å². The average Bonchev–Trinajstić information content (AvgIpc) is 2.98. The van der Waals surface area contributed by atoms with Crippen LogP contribution < -0.4 is 10.9 Å². The van der Waals surface area contributed by atoms with E-state index in [2.05, 4.69) is 20.5 Å². The fraction of sp³-hybridized carbons (Fsp3) is 0.750. The van der Waals surface area contributed by atoms with Gasteiger partial charge in [-0.15, -0.1) is 10.2 Å². The molecule has 1 heterocycles. The van der Waals surface area contributed by atoms with E-state index in [0.29, 0.717) is 17.9 Å². The van der Waals surface area contributed by atoms with Crippen LogP contribution in [0.5, 0.6) is 0 Å². The largest absolute Gasteiger partial charge is 0.347 e. The predicted molar refractivity (Wildman–Crippen MR) is 84.5 cm³/mol. The topological polar surface area (TPSA) is 87.7 Å². The van der Waals surface area contributed by atoms with Crippen molar-refractivity contribution in [3.05, 3.63) is 21.9 Å². The number of carbonyl (C=O) groups is 1. The Morgan fingerprint density at radius 2 is 1.95 bits per heavy atom. The van der Waals surface area contributed by atoms with Crippen LogP contribution in [0.15, 0.2) is 4.79 Å². The van der Waals surface area contributed by atoms with Gasteiger partial charge >= 0.3 is 0 Å². The Kier molecular flexibility index (Phi) is 4.98. The molecular weight excluding hydrogens is 280 g/mol. The van der Waals surface area contributed by atoms with E-state index in [1.807, 2.05) is 27.7 Å². The number of nitrogens with zero attached hydrogens (tertiary/aromatic N) is 2. The standard InChI is InChI=1S/C16H26N4O2/c1-5-11(17-13(21)10-8-6-7-9-10)12-14(22)18-15(20-19-12)16(2,3)4/h10-11H,5-9H2,1-4H3,(H,17,21)(H,18,20,22). The lowest BCUT2D eigenvalue weighted by atomic mass is 9.96. The molecule has 1 aliphatic carbocycles. The number of aromatic nitrogens is 3. The molecule has 1 aliphatic rings. The summed E-state index contributed by atoms with van der Waals surface area (Å²) >= 11 is 0. The van der Waals surface area contributed by atoms with Crippen LogP contribution in [0.25, 0.3) is 0 Å². The van der Waals surface area contributed by atoms with Gasteiger partial charge in [-0.3, -0.25) is 9.59 Å². The number of nitrogens with one attached hydrogen (secondary N) is 2. The maximum absolute atomic E-state index is 12.3. The lowest BCUT2D eigenvalue weighted by Crippen LogP contribution is -2.37. The number of hydrogen-bond donors (Lipinski definition) is 2. The lowest BCUT2D eigenvalue weighted by Gasteiger charge is -2.20. The lowest BCUT2D eigenvalue weighted by molar-refractivity contribution is -0.125. The highest BCUT2D eigenvalue weighted by atomic mass is 16.2. The van der Waals surface area contributed by atoms with Crippen LogP contribution in [0, 0.1) is 5.92 Å². The van der Waals surface area contributed by atoms with E-state index in [-0.39, 0.29) is 28.8 Å². The molecule has 1 unspecified atom stereocenters. The Balaban J connectivity index is 2.17. The summed E-state index contributed by atoms with van der Waals surface area (Å²) in [4.78, 5) is 27.3. The fourth-order valence-corrected chi connectivity index (χ4v) is 2.75. The highest BCUT2D eigenvalue weighted by molar-refractivity contribution is 5.79. The summed E-state index contributed by atoms with van der Waals surface area (Å²) in [5.74, 6) is 0.665. The number of hydrogen-bond acceptors (Lipinski definition) is 4. The summed E-state index contributed by atoms with van der Waals surface area (Å²) in [6, 6.07) is -0.377. The number of carbonyl (C=O) groups excluding carboxylic acids is 1. The zero-order valence-corrected chi connectivity index (χ0v) is 13.9. The van der Waals surface area contributed by atoms with E-state index in [0.717, 1.165) is 25.7 Å². The molecule has 0 spiro atoms. The van der Waals surface area contributed by atoms with Crippen molar-refractivity contribution in [2.45, 2.75) is 71.3 Å². The quantitative estimate of drug-likeness (QED) is 0.893. The number of amides is 1. The van der Waals surface area contributed by atoms with Gasteiger partial charge in [0.2, 0.25) is 5.91 Å². The van der Waals surface area contributed by atoms with Crippen LogP contribution in [-0.2, 0) is 10.2 Å². The SMILES string of the molecule is CCC(NC(=O)C1CCCC1)c1nnc(C(C)(C)C)[nH]c1=O.